The number of aromatic nitrogens is 2. The number of nitrogens with zero attached hydrogens (tertiary/aromatic N) is 7. The van der Waals surface area contributed by atoms with Gasteiger partial charge in [-0.1, -0.05) is 0 Å². The first kappa shape index (κ1) is 76.6. The molecule has 5 rings (SSSR count). The molecule has 22 nitrogen and oxygen atoms in total. The molecule has 10 N–H and O–H groups in total. The number of nitriles is 3. The number of rotatable bonds is 12. The summed E-state index contributed by atoms with van der Waals surface area (Å²) in [5, 5.41) is 50.3. The molecule has 0 aliphatic heterocycles. The number of guanidine groups is 1. The number of ether oxygens (including phenoxy) is 3. The molecule has 0 radical (unpaired) electrons. The number of esters is 3. The number of nitrogens with one attached hydrogen (secondary N) is 5. The van der Waals surface area contributed by atoms with Gasteiger partial charge in [0.2, 0.25) is 5.96 Å². The minimum Gasteiger partial charge on any atom is -0.857 e. The van der Waals surface area contributed by atoms with E-state index in [4.69, 9.17) is 70.5 Å². The van der Waals surface area contributed by atoms with E-state index in [2.05, 4.69) is 52.6 Å². The summed E-state index contributed by atoms with van der Waals surface area (Å²) < 4.78 is 17.8. The fraction of sp³-hybridized carbons (Fsp3) is 0.204. The molecule has 75 heavy (non-hydrogen) atoms. The first-order chi connectivity index (χ1) is 35.4. The average molecular weight is 1080 g/mol. The van der Waals surface area contributed by atoms with Crippen LogP contribution in [0.3, 0.4) is 0 Å². The van der Waals surface area contributed by atoms with E-state index in [0.29, 0.717) is 66.9 Å². The van der Waals surface area contributed by atoms with Crippen molar-refractivity contribution in [1.82, 2.24) is 20.6 Å². The fourth-order valence-corrected chi connectivity index (χ4v) is 4.94. The van der Waals surface area contributed by atoms with E-state index >= 15 is 0 Å². The first-order valence-corrected chi connectivity index (χ1v) is 22.0. The normalized spacial score (nSPS) is 8.44. The van der Waals surface area contributed by atoms with Gasteiger partial charge in [0, 0.05) is 49.8 Å². The number of carbonyl (C=O) groups excluding carboxylic acids is 3. The quantitative estimate of drug-likeness (QED) is 0.00733. The second kappa shape index (κ2) is 54.5. The Balaban J connectivity index is -0.000000284. The van der Waals surface area contributed by atoms with Crippen molar-refractivity contribution in [2.45, 2.75) is 38.8 Å². The number of aliphatic hydroxyl groups excluding tert-OH is 1. The molecule has 0 bridgehead atoms. The maximum absolute atomic E-state index is 11.6. The van der Waals surface area contributed by atoms with Gasteiger partial charge in [0.05, 0.1) is 48.0 Å². The van der Waals surface area contributed by atoms with E-state index in [1.807, 2.05) is 30.5 Å². The molecule has 0 spiro atoms. The first-order valence-electron chi connectivity index (χ1n) is 20.8. The number of aliphatic hydroxyl groups is 1. The smallest absolute Gasteiger partial charge is 0.857 e. The monoisotopic (exact) mass is 1080 g/mol. The van der Waals surface area contributed by atoms with Crippen molar-refractivity contribution in [2.75, 3.05) is 44.7 Å². The van der Waals surface area contributed by atoms with Crippen molar-refractivity contribution in [1.29, 1.82) is 15.8 Å². The molecule has 0 fully saturated rings. The standard InChI is InChI=1S/C17H17N5O2.C11H11N3O2S.C10H9NO2S.C6H8N2.C2H2N.CH2N2.CH4O.CH3O.2Na/c1-2-24-16(23)14-3-5-15(6-4-14)22-17(21-12-18)20-11-13-7-9-19-10-8-13;1-2-16-10(15)8-3-5-9(6-4-8)14-11(17)13-7-12;1-3-13-10(12)8-4-6-9(7-5-8)14-11-2;7-5-6-1-3-8-4-2-6;1-2-3;2-1-3;2*1-2;;/h3-10H,2,11H2,1H3,(H2,20,21,22);3-6H,2H2,1H3,(H2,13,14,17);4-7H,3H2,1H3;1-4H,5,7H2;1,3H;2H2;2H,1H3;1H3;;/q;;;;-1;;;-1;2*+1. The molecule has 2 heterocycles. The van der Waals surface area contributed by atoms with Crippen LogP contribution in [0.25, 0.3) is 9.98 Å². The zero-order valence-electron chi connectivity index (χ0n) is 42.6. The number of benzene rings is 3. The number of anilines is 2. The van der Waals surface area contributed by atoms with Crippen LogP contribution < -0.4 is 97.0 Å². The van der Waals surface area contributed by atoms with Crippen molar-refractivity contribution >= 4 is 64.5 Å². The van der Waals surface area contributed by atoms with Gasteiger partial charge in [0.15, 0.2) is 23.7 Å². The molecule has 0 amide bonds. The van der Waals surface area contributed by atoms with Gasteiger partial charge >= 0.3 is 77.0 Å². The Morgan fingerprint density at radius 1 is 0.733 bits per heavy atom. The number of thiocarbonyl (C=S) groups is 1. The van der Waals surface area contributed by atoms with E-state index < -0.39 is 0 Å². The second-order valence-electron chi connectivity index (χ2n) is 11.9. The van der Waals surface area contributed by atoms with Crippen LogP contribution in [0, 0.1) is 53.4 Å². The van der Waals surface area contributed by atoms with Crippen LogP contribution in [-0.4, -0.2) is 78.1 Å². The summed E-state index contributed by atoms with van der Waals surface area (Å²) in [5.41, 5.74) is 20.1. The van der Waals surface area contributed by atoms with E-state index in [-0.39, 0.29) is 82.1 Å². The van der Waals surface area contributed by atoms with Gasteiger partial charge in [0.25, 0.3) is 11.9 Å². The third-order valence-corrected chi connectivity index (χ3v) is 8.11. The summed E-state index contributed by atoms with van der Waals surface area (Å²) in [6.07, 6.45) is 15.9. The van der Waals surface area contributed by atoms with Crippen LogP contribution in [0.5, 0.6) is 0 Å². The van der Waals surface area contributed by atoms with Crippen LogP contribution in [0.2, 0.25) is 0 Å². The zero-order valence-corrected chi connectivity index (χ0v) is 48.2. The van der Waals surface area contributed by atoms with E-state index in [1.54, 1.807) is 125 Å². The van der Waals surface area contributed by atoms with Crippen LogP contribution in [0.4, 0.5) is 11.4 Å². The molecule has 0 saturated heterocycles. The molecule has 384 valence electrons. The fourth-order valence-electron chi connectivity index (χ4n) is 4.42. The number of hydrogen-bond acceptors (Lipinski definition) is 18. The Labute approximate surface area is 492 Å². The van der Waals surface area contributed by atoms with Gasteiger partial charge in [-0.05, 0) is 141 Å². The summed E-state index contributed by atoms with van der Waals surface area (Å²) >= 11 is 5.87. The number of aliphatic imine (C=N–C) groups is 1. The van der Waals surface area contributed by atoms with Gasteiger partial charge in [-0.15, -0.1) is 6.42 Å². The van der Waals surface area contributed by atoms with Gasteiger partial charge in [-0.3, -0.25) is 20.6 Å². The molecule has 3 aromatic carbocycles. The minimum absolute atomic E-state index is 0. The third-order valence-electron chi connectivity index (χ3n) is 7.33. The summed E-state index contributed by atoms with van der Waals surface area (Å²) in [7, 11) is 1.75. The average Bonchev–Trinajstić information content (AvgIpc) is 3.42. The van der Waals surface area contributed by atoms with Gasteiger partial charge in [-0.2, -0.15) is 22.9 Å². The van der Waals surface area contributed by atoms with Crippen LogP contribution in [0.1, 0.15) is 63.0 Å². The molecule has 0 unspecified atom stereocenters. The van der Waals surface area contributed by atoms with E-state index in [0.717, 1.165) is 42.2 Å². The molecule has 0 aliphatic carbocycles. The topological polar surface area (TPSA) is 360 Å². The predicted octanol–water partition coefficient (Wildman–Crippen LogP) is -0.0937. The third kappa shape index (κ3) is 39.8. The molecule has 2 aromatic heterocycles. The second-order valence-corrected chi connectivity index (χ2v) is 13.2. The summed E-state index contributed by atoms with van der Waals surface area (Å²) in [5.74, 6) is -0.743. The maximum atomic E-state index is 11.6. The van der Waals surface area contributed by atoms with Crippen LogP contribution >= 0.6 is 24.2 Å². The van der Waals surface area contributed by atoms with Gasteiger partial charge < -0.3 is 52.3 Å². The Hall–Kier alpha value is -7.32. The Kier molecular flexibility index (Phi) is 55.6. The van der Waals surface area contributed by atoms with Crippen molar-refractivity contribution < 1.29 is 97.9 Å². The number of pyridine rings is 2. The molecule has 26 heteroatoms. The van der Waals surface area contributed by atoms with E-state index in [1.165, 1.54) is 12.2 Å². The van der Waals surface area contributed by atoms with Crippen molar-refractivity contribution in [2.24, 2.45) is 16.5 Å². The van der Waals surface area contributed by atoms with Crippen LogP contribution in [0.15, 0.2) is 132 Å². The Bertz CT molecular complexity index is 2530. The number of terminal acetylenes is 1. The Morgan fingerprint density at radius 3 is 1.40 bits per heavy atom. The molecule has 0 atom stereocenters. The number of nitrogens with two attached hydrogens (primary N) is 2. The van der Waals surface area contributed by atoms with E-state index in [9.17, 15) is 14.4 Å². The predicted molar refractivity (Wildman–Crippen MR) is 282 cm³/mol. The maximum Gasteiger partial charge on any atom is 1.00 e. The largest absolute Gasteiger partial charge is 1.00 e. The summed E-state index contributed by atoms with van der Waals surface area (Å²) in [6, 6.07) is 29.1. The minimum atomic E-state index is -0.370. The number of hydrogen-bond donors (Lipinski definition) is 7. The van der Waals surface area contributed by atoms with Crippen molar-refractivity contribution in [3.63, 3.8) is 0 Å². The summed E-state index contributed by atoms with van der Waals surface area (Å²) in [6.45, 7) is 14.0. The molecule has 0 saturated carbocycles. The molecule has 0 aliphatic rings. The Morgan fingerprint density at radius 2 is 1.08 bits per heavy atom. The molecule has 5 aromatic rings. The van der Waals surface area contributed by atoms with Crippen LogP contribution in [-0.2, 0) is 27.3 Å². The SMILES string of the molecule is C#C[NH-].CCOC(=O)c1ccc(NC(=NCc2ccncc2)NC#N)cc1.CCOC(=O)c1ccc(NC(=S)NC#N)cc1.CO.C[O-].N#CN.NCc1ccncc1.[C-]#[N+]Sc1ccc(C(=O)OCC)cc1.[Na+].[Na+]. The number of carbonyl (C=O) groups is 3. The van der Waals surface area contributed by atoms with Gasteiger partial charge in [0.1, 0.15) is 0 Å². The van der Waals surface area contributed by atoms with Gasteiger partial charge in [-0.25, -0.2) is 36.2 Å². The molecular formula is C49H56N14Na2O8S2. The molecular weight excluding hydrogens is 1020 g/mol. The van der Waals surface area contributed by atoms with Crippen molar-refractivity contribution in [3.8, 4) is 31.0 Å². The summed E-state index contributed by atoms with van der Waals surface area (Å²) in [4.78, 5) is 47.1. The van der Waals surface area contributed by atoms with Crippen molar-refractivity contribution in [3.05, 3.63) is 166 Å². The zero-order chi connectivity index (χ0) is 55.5.